The number of carboxylic acids is 1. The van der Waals surface area contributed by atoms with Crippen molar-refractivity contribution < 1.29 is 23.8 Å². The average molecular weight is 369 g/mol. The van der Waals surface area contributed by atoms with Crippen LogP contribution in [0, 0.1) is 12.7 Å². The number of carbonyl (C=O) groups excluding carboxylic acids is 1. The third kappa shape index (κ3) is 3.33. The predicted octanol–water partition coefficient (Wildman–Crippen LogP) is 1.29. The van der Waals surface area contributed by atoms with Crippen LogP contribution in [0.25, 0.3) is 5.69 Å². The highest BCUT2D eigenvalue weighted by Gasteiger charge is 2.31. The van der Waals surface area contributed by atoms with E-state index in [0.717, 1.165) is 0 Å². The maximum Gasteiger partial charge on any atom is 0.334 e. The summed E-state index contributed by atoms with van der Waals surface area (Å²) in [5.74, 6) is -2.13. The van der Waals surface area contributed by atoms with Gasteiger partial charge in [0.05, 0.1) is 29.6 Å². The molecule has 1 unspecified atom stereocenters. The molecular weight excluding hydrogens is 355 g/mol. The zero-order valence-corrected chi connectivity index (χ0v) is 13.9. The molecule has 1 aliphatic heterocycles. The number of carboxylic acid groups (broad SMARTS) is 1. The highest BCUT2D eigenvalue weighted by molar-refractivity contribution is 6.30. The van der Waals surface area contributed by atoms with Crippen LogP contribution in [0.15, 0.2) is 18.2 Å². The summed E-state index contributed by atoms with van der Waals surface area (Å²) < 4.78 is 19.8. The van der Waals surface area contributed by atoms with Gasteiger partial charge in [-0.15, -0.1) is 5.10 Å². The SMILES string of the molecule is Cc1c(C(=O)N2CCOC(C(=O)O)C2)nnn1-c1ccc(F)c(Cl)c1. The van der Waals surface area contributed by atoms with E-state index in [4.69, 9.17) is 21.4 Å². The fourth-order valence-corrected chi connectivity index (χ4v) is 2.70. The molecule has 10 heteroatoms. The van der Waals surface area contributed by atoms with Crippen LogP contribution in [0.2, 0.25) is 5.02 Å². The Hall–Kier alpha value is -2.52. The number of hydrogen-bond donors (Lipinski definition) is 1. The van der Waals surface area contributed by atoms with E-state index in [1.54, 1.807) is 6.92 Å². The van der Waals surface area contributed by atoms with Crippen molar-refractivity contribution in [2.75, 3.05) is 19.7 Å². The predicted molar refractivity (Wildman–Crippen MR) is 84.3 cm³/mol. The van der Waals surface area contributed by atoms with Crippen molar-refractivity contribution in [2.45, 2.75) is 13.0 Å². The zero-order chi connectivity index (χ0) is 18.1. The summed E-state index contributed by atoms with van der Waals surface area (Å²) in [7, 11) is 0. The topological polar surface area (TPSA) is 97.6 Å². The molecular formula is C15H14ClFN4O4. The molecule has 1 atom stereocenters. The number of halogens is 2. The Morgan fingerprint density at radius 3 is 2.88 bits per heavy atom. The van der Waals surface area contributed by atoms with Crippen molar-refractivity contribution in [3.05, 3.63) is 40.4 Å². The van der Waals surface area contributed by atoms with Crippen molar-refractivity contribution >= 4 is 23.5 Å². The lowest BCUT2D eigenvalue weighted by molar-refractivity contribution is -0.154. The molecule has 1 fully saturated rings. The lowest BCUT2D eigenvalue weighted by Gasteiger charge is -2.30. The van der Waals surface area contributed by atoms with Crippen LogP contribution < -0.4 is 0 Å². The molecule has 0 spiro atoms. The number of rotatable bonds is 3. The molecule has 3 rings (SSSR count). The quantitative estimate of drug-likeness (QED) is 0.876. The third-order valence-electron chi connectivity index (χ3n) is 3.87. The number of ether oxygens (including phenoxy) is 1. The first-order valence-electron chi connectivity index (χ1n) is 7.40. The monoisotopic (exact) mass is 368 g/mol. The van der Waals surface area contributed by atoms with Crippen LogP contribution in [-0.2, 0) is 9.53 Å². The Morgan fingerprint density at radius 1 is 1.44 bits per heavy atom. The van der Waals surface area contributed by atoms with Crippen LogP contribution in [0.4, 0.5) is 4.39 Å². The summed E-state index contributed by atoms with van der Waals surface area (Å²) in [5.41, 5.74) is 0.985. The third-order valence-corrected chi connectivity index (χ3v) is 4.16. The van der Waals surface area contributed by atoms with E-state index < -0.39 is 23.8 Å². The van der Waals surface area contributed by atoms with Gasteiger partial charge in [0.2, 0.25) is 0 Å². The normalized spacial score (nSPS) is 17.6. The molecule has 1 amide bonds. The second-order valence-electron chi connectivity index (χ2n) is 5.48. The van der Waals surface area contributed by atoms with Crippen LogP contribution in [0.3, 0.4) is 0 Å². The largest absolute Gasteiger partial charge is 0.479 e. The second kappa shape index (κ2) is 6.77. The van der Waals surface area contributed by atoms with Gasteiger partial charge in [0, 0.05) is 6.54 Å². The summed E-state index contributed by atoms with van der Waals surface area (Å²) >= 11 is 5.77. The molecule has 8 nitrogen and oxygen atoms in total. The number of aromatic nitrogens is 3. The van der Waals surface area contributed by atoms with Crippen molar-refractivity contribution in [3.63, 3.8) is 0 Å². The molecule has 25 heavy (non-hydrogen) atoms. The Bertz CT molecular complexity index is 841. The van der Waals surface area contributed by atoms with E-state index in [1.807, 2.05) is 0 Å². The summed E-state index contributed by atoms with van der Waals surface area (Å²) in [5, 5.41) is 16.8. The van der Waals surface area contributed by atoms with Gasteiger partial charge in [-0.2, -0.15) is 0 Å². The summed E-state index contributed by atoms with van der Waals surface area (Å²) in [6, 6.07) is 4.04. The van der Waals surface area contributed by atoms with E-state index >= 15 is 0 Å². The highest BCUT2D eigenvalue weighted by atomic mass is 35.5. The molecule has 1 saturated heterocycles. The van der Waals surface area contributed by atoms with Crippen LogP contribution in [0.1, 0.15) is 16.2 Å². The first kappa shape index (κ1) is 17.3. The first-order valence-corrected chi connectivity index (χ1v) is 7.77. The number of nitrogens with zero attached hydrogens (tertiary/aromatic N) is 4. The van der Waals surface area contributed by atoms with Crippen LogP contribution in [0.5, 0.6) is 0 Å². The Labute approximate surface area is 146 Å². The van der Waals surface area contributed by atoms with Crippen LogP contribution in [-0.4, -0.2) is 62.7 Å². The molecule has 2 aromatic rings. The lowest BCUT2D eigenvalue weighted by atomic mass is 10.2. The smallest absolute Gasteiger partial charge is 0.334 e. The van der Waals surface area contributed by atoms with E-state index in [9.17, 15) is 14.0 Å². The van der Waals surface area contributed by atoms with Crippen molar-refractivity contribution in [1.82, 2.24) is 19.9 Å². The fourth-order valence-electron chi connectivity index (χ4n) is 2.52. The Kier molecular flexibility index (Phi) is 4.69. The van der Waals surface area contributed by atoms with Gasteiger partial charge in [0.1, 0.15) is 5.82 Å². The van der Waals surface area contributed by atoms with Gasteiger partial charge in [-0.05, 0) is 25.1 Å². The Balaban J connectivity index is 1.86. The zero-order valence-electron chi connectivity index (χ0n) is 13.1. The first-order chi connectivity index (χ1) is 11.9. The van der Waals surface area contributed by atoms with Gasteiger partial charge in [0.25, 0.3) is 5.91 Å². The van der Waals surface area contributed by atoms with E-state index in [2.05, 4.69) is 10.3 Å². The molecule has 1 aromatic carbocycles. The van der Waals surface area contributed by atoms with Gasteiger partial charge < -0.3 is 14.7 Å². The lowest BCUT2D eigenvalue weighted by Crippen LogP contribution is -2.48. The molecule has 1 aliphatic rings. The molecule has 0 radical (unpaired) electrons. The van der Waals surface area contributed by atoms with Crippen molar-refractivity contribution in [3.8, 4) is 5.69 Å². The van der Waals surface area contributed by atoms with Gasteiger partial charge in [-0.3, -0.25) is 4.79 Å². The minimum Gasteiger partial charge on any atom is -0.479 e. The van der Waals surface area contributed by atoms with Gasteiger partial charge in [-0.25, -0.2) is 13.9 Å². The molecule has 1 aromatic heterocycles. The molecule has 0 aliphatic carbocycles. The number of carbonyl (C=O) groups is 2. The average Bonchev–Trinajstić information content (AvgIpc) is 2.98. The second-order valence-corrected chi connectivity index (χ2v) is 5.89. The minimum absolute atomic E-state index is 0.0666. The molecule has 1 N–H and O–H groups in total. The summed E-state index contributed by atoms with van der Waals surface area (Å²) in [6.07, 6.45) is -1.07. The molecule has 132 valence electrons. The summed E-state index contributed by atoms with van der Waals surface area (Å²) in [6.45, 7) is 1.96. The maximum atomic E-state index is 13.3. The fraction of sp³-hybridized carbons (Fsp3) is 0.333. The number of hydrogen-bond acceptors (Lipinski definition) is 5. The van der Waals surface area contributed by atoms with E-state index in [0.29, 0.717) is 11.4 Å². The molecule has 0 saturated carbocycles. The molecule has 0 bridgehead atoms. The van der Waals surface area contributed by atoms with Gasteiger partial charge in [-0.1, -0.05) is 16.8 Å². The standard InChI is InChI=1S/C15H14ClFN4O4/c1-8-13(14(22)20-4-5-25-12(7-20)15(23)24)18-19-21(8)9-2-3-11(17)10(16)6-9/h2-3,6,12H,4-5,7H2,1H3,(H,23,24). The Morgan fingerprint density at radius 2 is 2.20 bits per heavy atom. The van der Waals surface area contributed by atoms with E-state index in [-0.39, 0.29) is 30.4 Å². The van der Waals surface area contributed by atoms with E-state index in [1.165, 1.54) is 27.8 Å². The van der Waals surface area contributed by atoms with Crippen molar-refractivity contribution in [1.29, 1.82) is 0 Å². The summed E-state index contributed by atoms with van der Waals surface area (Å²) in [4.78, 5) is 25.0. The number of morpholine rings is 1. The number of amides is 1. The number of aliphatic carboxylic acids is 1. The van der Waals surface area contributed by atoms with Gasteiger partial charge >= 0.3 is 5.97 Å². The number of benzene rings is 1. The maximum absolute atomic E-state index is 13.3. The van der Waals surface area contributed by atoms with Gasteiger partial charge in [0.15, 0.2) is 11.8 Å². The minimum atomic E-state index is -1.13. The van der Waals surface area contributed by atoms with Crippen molar-refractivity contribution in [2.24, 2.45) is 0 Å². The van der Waals surface area contributed by atoms with Crippen LogP contribution >= 0.6 is 11.6 Å². The molecule has 2 heterocycles. The highest BCUT2D eigenvalue weighted by Crippen LogP contribution is 2.21.